The second kappa shape index (κ2) is 8.95. The number of nitrogens with one attached hydrogen (secondary N) is 3. The molecule has 0 radical (unpaired) electrons. The molecule has 0 fully saturated rings. The number of hydrogen-bond acceptors (Lipinski definition) is 5. The number of carbonyl (C=O) groups is 2. The molecule has 3 N–H and O–H groups in total. The first-order chi connectivity index (χ1) is 14.9. The molecule has 1 atom stereocenters. The lowest BCUT2D eigenvalue weighted by Gasteiger charge is -2.23. The van der Waals surface area contributed by atoms with Crippen molar-refractivity contribution in [2.75, 3.05) is 10.6 Å². The summed E-state index contributed by atoms with van der Waals surface area (Å²) in [4.78, 5) is 45.0. The molecule has 0 bridgehead atoms. The first-order valence-corrected chi connectivity index (χ1v) is 10.9. The highest BCUT2D eigenvalue weighted by molar-refractivity contribution is 7.98. The molecule has 0 saturated carbocycles. The van der Waals surface area contributed by atoms with Crippen molar-refractivity contribution in [3.8, 4) is 0 Å². The number of hydrogen-bond donors (Lipinski definition) is 3. The molecule has 0 saturated heterocycles. The van der Waals surface area contributed by atoms with E-state index in [9.17, 15) is 14.4 Å². The lowest BCUT2D eigenvalue weighted by molar-refractivity contribution is -0.123. The third-order valence-electron chi connectivity index (χ3n) is 4.85. The van der Waals surface area contributed by atoms with Gasteiger partial charge in [0, 0.05) is 22.9 Å². The van der Waals surface area contributed by atoms with Crippen molar-refractivity contribution < 1.29 is 9.59 Å². The minimum atomic E-state index is -0.928. The van der Waals surface area contributed by atoms with Gasteiger partial charge in [-0.2, -0.15) is 0 Å². The van der Waals surface area contributed by atoms with Gasteiger partial charge in [-0.1, -0.05) is 53.7 Å². The standard InChI is InChI=1S/C22H19ClN4O3S/c1-12-5-4-7-14(9-12)24-20(29)15-10-17(28)25-19-18(15)21(30)27-22(26-19)31-11-13-6-2-3-8-16(13)23/h2-9,15H,10-11H2,1H3,(H,24,29)(H2,25,26,27,28,30)/t15-/m1/s1. The maximum Gasteiger partial charge on any atom is 0.257 e. The molecule has 0 aliphatic carbocycles. The van der Waals surface area contributed by atoms with E-state index in [0.717, 1.165) is 11.1 Å². The summed E-state index contributed by atoms with van der Waals surface area (Å²) in [6.45, 7) is 1.91. The number of nitrogens with zero attached hydrogens (tertiary/aromatic N) is 1. The molecule has 158 valence electrons. The molecule has 9 heteroatoms. The highest BCUT2D eigenvalue weighted by atomic mass is 35.5. The van der Waals surface area contributed by atoms with Crippen molar-refractivity contribution in [3.63, 3.8) is 0 Å². The molecule has 2 heterocycles. The van der Waals surface area contributed by atoms with Crippen LogP contribution in [0.1, 0.15) is 29.0 Å². The molecule has 1 aliphatic rings. The summed E-state index contributed by atoms with van der Waals surface area (Å²) in [6, 6.07) is 14.7. The van der Waals surface area contributed by atoms with E-state index in [4.69, 9.17) is 11.6 Å². The third-order valence-corrected chi connectivity index (χ3v) is 6.14. The van der Waals surface area contributed by atoms with Gasteiger partial charge in [0.25, 0.3) is 5.56 Å². The average Bonchev–Trinajstić information content (AvgIpc) is 2.72. The number of aryl methyl sites for hydroxylation is 1. The Hall–Kier alpha value is -3.10. The molecule has 2 amide bonds. The molecule has 31 heavy (non-hydrogen) atoms. The smallest absolute Gasteiger partial charge is 0.257 e. The van der Waals surface area contributed by atoms with Crippen LogP contribution in [0.3, 0.4) is 0 Å². The van der Waals surface area contributed by atoms with Gasteiger partial charge >= 0.3 is 0 Å². The predicted molar refractivity (Wildman–Crippen MR) is 122 cm³/mol. The van der Waals surface area contributed by atoms with Crippen molar-refractivity contribution in [2.45, 2.75) is 30.2 Å². The molecular weight excluding hydrogens is 436 g/mol. The number of aromatic nitrogens is 2. The number of aromatic amines is 1. The Kier molecular flexibility index (Phi) is 6.11. The number of amides is 2. The molecule has 3 aromatic rings. The average molecular weight is 455 g/mol. The predicted octanol–water partition coefficient (Wildman–Crippen LogP) is 4.09. The largest absolute Gasteiger partial charge is 0.326 e. The van der Waals surface area contributed by atoms with E-state index in [0.29, 0.717) is 21.6 Å². The van der Waals surface area contributed by atoms with Crippen LogP contribution in [0.15, 0.2) is 58.5 Å². The second-order valence-corrected chi connectivity index (χ2v) is 8.55. The summed E-state index contributed by atoms with van der Waals surface area (Å²) in [6.07, 6.45) is -0.123. The number of halogens is 1. The van der Waals surface area contributed by atoms with Gasteiger partial charge in [0.2, 0.25) is 11.8 Å². The van der Waals surface area contributed by atoms with Gasteiger partial charge < -0.3 is 15.6 Å². The van der Waals surface area contributed by atoms with Crippen LogP contribution in [0, 0.1) is 6.92 Å². The van der Waals surface area contributed by atoms with E-state index in [1.54, 1.807) is 12.1 Å². The minimum absolute atomic E-state index is 0.117. The summed E-state index contributed by atoms with van der Waals surface area (Å²) in [5.74, 6) is -1.11. The topological polar surface area (TPSA) is 104 Å². The Labute approximate surface area is 187 Å². The minimum Gasteiger partial charge on any atom is -0.326 e. The number of benzene rings is 2. The Morgan fingerprint density at radius 3 is 2.81 bits per heavy atom. The Morgan fingerprint density at radius 1 is 1.23 bits per heavy atom. The summed E-state index contributed by atoms with van der Waals surface area (Å²) in [5, 5.41) is 6.37. The normalized spacial score (nSPS) is 15.2. The monoisotopic (exact) mass is 454 g/mol. The van der Waals surface area contributed by atoms with Crippen molar-refractivity contribution in [1.29, 1.82) is 0 Å². The van der Waals surface area contributed by atoms with Crippen molar-refractivity contribution >= 4 is 46.7 Å². The highest BCUT2D eigenvalue weighted by Gasteiger charge is 2.34. The van der Waals surface area contributed by atoms with Crippen LogP contribution in [0.4, 0.5) is 11.5 Å². The maximum atomic E-state index is 12.9. The Balaban J connectivity index is 1.58. The number of H-pyrrole nitrogens is 1. The summed E-state index contributed by atoms with van der Waals surface area (Å²) >= 11 is 7.47. The SMILES string of the molecule is Cc1cccc(NC(=O)[C@@H]2CC(=O)Nc3nc(SCc4ccccc4Cl)[nH]c(=O)c32)c1. The van der Waals surface area contributed by atoms with Crippen LogP contribution in [0.5, 0.6) is 0 Å². The van der Waals surface area contributed by atoms with E-state index in [-0.39, 0.29) is 23.7 Å². The van der Waals surface area contributed by atoms with Gasteiger partial charge in [-0.15, -0.1) is 0 Å². The molecule has 2 aromatic carbocycles. The van der Waals surface area contributed by atoms with Gasteiger partial charge in [-0.05, 0) is 36.2 Å². The lowest BCUT2D eigenvalue weighted by atomic mass is 9.92. The Bertz CT molecular complexity index is 1230. The fourth-order valence-corrected chi connectivity index (χ4v) is 4.50. The maximum absolute atomic E-state index is 12.9. The van der Waals surface area contributed by atoms with Crippen LogP contribution in [0.25, 0.3) is 0 Å². The molecule has 7 nitrogen and oxygen atoms in total. The van der Waals surface area contributed by atoms with Crippen molar-refractivity contribution in [3.05, 3.63) is 80.6 Å². The summed E-state index contributed by atoms with van der Waals surface area (Å²) < 4.78 is 0. The quantitative estimate of drug-likeness (QED) is 0.398. The van der Waals surface area contributed by atoms with E-state index < -0.39 is 17.4 Å². The fraction of sp³-hybridized carbons (Fsp3) is 0.182. The zero-order valence-electron chi connectivity index (χ0n) is 16.6. The zero-order valence-corrected chi connectivity index (χ0v) is 18.1. The number of carbonyl (C=O) groups excluding carboxylic acids is 2. The van der Waals surface area contributed by atoms with E-state index in [1.165, 1.54) is 11.8 Å². The van der Waals surface area contributed by atoms with Gasteiger partial charge in [0.15, 0.2) is 5.16 Å². The summed E-state index contributed by atoms with van der Waals surface area (Å²) in [7, 11) is 0. The highest BCUT2D eigenvalue weighted by Crippen LogP contribution is 2.31. The number of rotatable bonds is 5. The van der Waals surface area contributed by atoms with Gasteiger partial charge in [0.05, 0.1) is 11.5 Å². The summed E-state index contributed by atoms with van der Waals surface area (Å²) in [5.41, 5.74) is 2.20. The van der Waals surface area contributed by atoms with Gasteiger partial charge in [-0.3, -0.25) is 14.4 Å². The fourth-order valence-electron chi connectivity index (χ4n) is 3.36. The van der Waals surface area contributed by atoms with E-state index >= 15 is 0 Å². The number of fused-ring (bicyclic) bond motifs is 1. The molecule has 4 rings (SSSR count). The van der Waals surface area contributed by atoms with Crippen molar-refractivity contribution in [1.82, 2.24) is 9.97 Å². The molecule has 0 spiro atoms. The van der Waals surface area contributed by atoms with Gasteiger partial charge in [0.1, 0.15) is 5.82 Å². The van der Waals surface area contributed by atoms with Crippen molar-refractivity contribution in [2.24, 2.45) is 0 Å². The van der Waals surface area contributed by atoms with Crippen LogP contribution in [-0.2, 0) is 15.3 Å². The lowest BCUT2D eigenvalue weighted by Crippen LogP contribution is -2.36. The van der Waals surface area contributed by atoms with E-state index in [1.807, 2.05) is 43.3 Å². The number of anilines is 2. The molecule has 1 aromatic heterocycles. The second-order valence-electron chi connectivity index (χ2n) is 7.18. The van der Waals surface area contributed by atoms with Crippen LogP contribution in [-0.4, -0.2) is 21.8 Å². The first kappa shape index (κ1) is 21.1. The first-order valence-electron chi connectivity index (χ1n) is 9.58. The van der Waals surface area contributed by atoms with Crippen LogP contribution < -0.4 is 16.2 Å². The number of thioether (sulfide) groups is 1. The molecular formula is C22H19ClN4O3S. The molecule has 0 unspecified atom stereocenters. The van der Waals surface area contributed by atoms with Gasteiger partial charge in [-0.25, -0.2) is 4.98 Å². The van der Waals surface area contributed by atoms with Crippen LogP contribution in [0.2, 0.25) is 5.02 Å². The Morgan fingerprint density at radius 2 is 2.03 bits per heavy atom. The zero-order chi connectivity index (χ0) is 22.0. The third kappa shape index (κ3) is 4.81. The van der Waals surface area contributed by atoms with Crippen LogP contribution >= 0.6 is 23.4 Å². The molecule has 1 aliphatic heterocycles. The van der Waals surface area contributed by atoms with E-state index in [2.05, 4.69) is 20.6 Å².